The molecule has 0 fully saturated rings. The first-order chi connectivity index (χ1) is 6.24. The van der Waals surface area contributed by atoms with Gasteiger partial charge in [-0.05, 0) is 25.8 Å². The number of hydrogen-bond donors (Lipinski definition) is 2. The van der Waals surface area contributed by atoms with Crippen LogP contribution in [0.15, 0.2) is 0 Å². The number of carbonyl (C=O) groups excluding carboxylic acids is 1. The van der Waals surface area contributed by atoms with Gasteiger partial charge in [-0.15, -0.1) is 0 Å². The van der Waals surface area contributed by atoms with E-state index in [2.05, 4.69) is 31.4 Å². The van der Waals surface area contributed by atoms with E-state index in [4.69, 9.17) is 0 Å². The molecule has 0 aliphatic rings. The quantitative estimate of drug-likeness (QED) is 0.588. The van der Waals surface area contributed by atoms with E-state index in [-0.39, 0.29) is 5.91 Å². The Bertz CT molecular complexity index is 133. The Morgan fingerprint density at radius 1 is 1.23 bits per heavy atom. The van der Waals surface area contributed by atoms with E-state index in [1.165, 1.54) is 0 Å². The molecule has 0 bridgehead atoms. The normalized spacial score (nSPS) is 10.5. The summed E-state index contributed by atoms with van der Waals surface area (Å²) in [4.78, 5) is 11.3. The minimum absolute atomic E-state index is 0.113. The first-order valence-corrected chi connectivity index (χ1v) is 5.24. The molecule has 3 heteroatoms. The Morgan fingerprint density at radius 3 is 2.31 bits per heavy atom. The molecule has 0 spiro atoms. The second-order valence-corrected chi connectivity index (χ2v) is 3.26. The number of hydrogen-bond acceptors (Lipinski definition) is 2. The summed E-state index contributed by atoms with van der Waals surface area (Å²) in [6.45, 7) is 7.63. The van der Waals surface area contributed by atoms with E-state index in [0.29, 0.717) is 12.6 Å². The maximum Gasteiger partial charge on any atom is 0.234 e. The molecule has 0 unspecified atom stereocenters. The molecule has 0 aliphatic carbocycles. The van der Waals surface area contributed by atoms with Crippen molar-refractivity contribution in [3.05, 3.63) is 0 Å². The van der Waals surface area contributed by atoms with E-state index in [0.717, 1.165) is 25.8 Å². The van der Waals surface area contributed by atoms with Gasteiger partial charge in [-0.3, -0.25) is 4.79 Å². The summed E-state index contributed by atoms with van der Waals surface area (Å²) in [6.07, 6.45) is 3.09. The van der Waals surface area contributed by atoms with Crippen LogP contribution in [0, 0.1) is 0 Å². The van der Waals surface area contributed by atoms with Crippen molar-refractivity contribution in [2.75, 3.05) is 13.1 Å². The minimum Gasteiger partial charge on any atom is -0.352 e. The zero-order chi connectivity index (χ0) is 10.1. The van der Waals surface area contributed by atoms with Crippen LogP contribution in [0.25, 0.3) is 0 Å². The molecule has 1 amide bonds. The van der Waals surface area contributed by atoms with Gasteiger partial charge in [0.15, 0.2) is 0 Å². The lowest BCUT2D eigenvalue weighted by Gasteiger charge is -2.14. The molecule has 0 radical (unpaired) electrons. The average molecular weight is 186 g/mol. The van der Waals surface area contributed by atoms with Gasteiger partial charge >= 0.3 is 0 Å². The monoisotopic (exact) mass is 186 g/mol. The third-order valence-corrected chi connectivity index (χ3v) is 2.06. The van der Waals surface area contributed by atoms with Gasteiger partial charge in [-0.2, -0.15) is 0 Å². The smallest absolute Gasteiger partial charge is 0.234 e. The predicted molar refractivity (Wildman–Crippen MR) is 55.7 cm³/mol. The summed E-state index contributed by atoms with van der Waals surface area (Å²) in [5.74, 6) is 0.113. The van der Waals surface area contributed by atoms with Gasteiger partial charge in [0.1, 0.15) is 0 Å². The van der Waals surface area contributed by atoms with Crippen molar-refractivity contribution in [1.82, 2.24) is 10.6 Å². The number of rotatable bonds is 7. The maximum absolute atomic E-state index is 11.3. The van der Waals surface area contributed by atoms with Gasteiger partial charge < -0.3 is 10.6 Å². The molecule has 0 rings (SSSR count). The molecule has 0 saturated heterocycles. The van der Waals surface area contributed by atoms with E-state index in [9.17, 15) is 4.79 Å². The molecule has 0 aromatic heterocycles. The molecule has 0 heterocycles. The summed E-state index contributed by atoms with van der Waals surface area (Å²) in [5.41, 5.74) is 0. The first-order valence-electron chi connectivity index (χ1n) is 5.24. The Hall–Kier alpha value is -0.570. The van der Waals surface area contributed by atoms with Crippen LogP contribution < -0.4 is 10.6 Å². The van der Waals surface area contributed by atoms with Gasteiger partial charge in [-0.1, -0.05) is 20.8 Å². The van der Waals surface area contributed by atoms with Gasteiger partial charge in [0.05, 0.1) is 6.54 Å². The van der Waals surface area contributed by atoms with E-state index < -0.39 is 0 Å². The van der Waals surface area contributed by atoms with Crippen LogP contribution >= 0.6 is 0 Å². The lowest BCUT2D eigenvalue weighted by molar-refractivity contribution is -0.121. The van der Waals surface area contributed by atoms with Crippen LogP contribution in [-0.2, 0) is 4.79 Å². The molecule has 0 aromatic rings. The minimum atomic E-state index is 0.113. The predicted octanol–water partition coefficient (Wildman–Crippen LogP) is 1.29. The highest BCUT2D eigenvalue weighted by molar-refractivity contribution is 5.78. The fourth-order valence-electron chi connectivity index (χ4n) is 1.15. The fourth-order valence-corrected chi connectivity index (χ4v) is 1.15. The second-order valence-electron chi connectivity index (χ2n) is 3.26. The molecule has 2 N–H and O–H groups in total. The fraction of sp³-hybridized carbons (Fsp3) is 0.900. The zero-order valence-electron chi connectivity index (χ0n) is 9.02. The molecule has 78 valence electrons. The van der Waals surface area contributed by atoms with Crippen molar-refractivity contribution in [2.45, 2.75) is 46.1 Å². The molecular weight excluding hydrogens is 164 g/mol. The molecule has 3 nitrogen and oxygen atoms in total. The van der Waals surface area contributed by atoms with E-state index in [1.54, 1.807) is 0 Å². The van der Waals surface area contributed by atoms with Crippen molar-refractivity contribution in [3.63, 3.8) is 0 Å². The van der Waals surface area contributed by atoms with Crippen molar-refractivity contribution < 1.29 is 4.79 Å². The average Bonchev–Trinajstić information content (AvgIpc) is 2.14. The third kappa shape index (κ3) is 6.58. The van der Waals surface area contributed by atoms with Crippen LogP contribution in [0.4, 0.5) is 0 Å². The van der Waals surface area contributed by atoms with Gasteiger partial charge in [0.2, 0.25) is 5.91 Å². The molecule has 0 saturated carbocycles. The first kappa shape index (κ1) is 12.4. The van der Waals surface area contributed by atoms with Crippen molar-refractivity contribution >= 4 is 5.91 Å². The lowest BCUT2D eigenvalue weighted by Crippen LogP contribution is -2.40. The van der Waals surface area contributed by atoms with Crippen LogP contribution in [0.1, 0.15) is 40.0 Å². The molecule has 0 aliphatic heterocycles. The van der Waals surface area contributed by atoms with Crippen LogP contribution in [0.2, 0.25) is 0 Å². The maximum atomic E-state index is 11.3. The van der Waals surface area contributed by atoms with Crippen molar-refractivity contribution in [1.29, 1.82) is 0 Å². The van der Waals surface area contributed by atoms with Gasteiger partial charge in [-0.25, -0.2) is 0 Å². The van der Waals surface area contributed by atoms with Gasteiger partial charge in [0, 0.05) is 6.04 Å². The molecule has 13 heavy (non-hydrogen) atoms. The molecule has 0 aromatic carbocycles. The Labute approximate surface area is 81.3 Å². The summed E-state index contributed by atoms with van der Waals surface area (Å²) < 4.78 is 0. The highest BCUT2D eigenvalue weighted by Gasteiger charge is 2.06. The largest absolute Gasteiger partial charge is 0.352 e. The van der Waals surface area contributed by atoms with E-state index in [1.807, 2.05) is 0 Å². The van der Waals surface area contributed by atoms with Gasteiger partial charge in [0.25, 0.3) is 0 Å². The lowest BCUT2D eigenvalue weighted by atomic mass is 10.2. The SMILES string of the molecule is CCCNCC(=O)NC(CC)CC. The Balaban J connectivity index is 3.48. The number of nitrogens with one attached hydrogen (secondary N) is 2. The highest BCUT2D eigenvalue weighted by atomic mass is 16.1. The molecule has 0 atom stereocenters. The number of carbonyl (C=O) groups is 1. The summed E-state index contributed by atoms with van der Waals surface area (Å²) in [7, 11) is 0. The summed E-state index contributed by atoms with van der Waals surface area (Å²) in [6, 6.07) is 0.343. The Morgan fingerprint density at radius 2 is 1.85 bits per heavy atom. The molecular formula is C10H22N2O. The zero-order valence-corrected chi connectivity index (χ0v) is 9.02. The second kappa shape index (κ2) is 8.05. The van der Waals surface area contributed by atoms with Crippen molar-refractivity contribution in [3.8, 4) is 0 Å². The van der Waals surface area contributed by atoms with Crippen LogP contribution in [0.5, 0.6) is 0 Å². The standard InChI is InChI=1S/C10H22N2O/c1-4-7-11-8-10(13)12-9(5-2)6-3/h9,11H,4-8H2,1-3H3,(H,12,13). The summed E-state index contributed by atoms with van der Waals surface area (Å²) in [5, 5.41) is 6.05. The van der Waals surface area contributed by atoms with Crippen LogP contribution in [-0.4, -0.2) is 25.0 Å². The highest BCUT2D eigenvalue weighted by Crippen LogP contribution is 1.94. The number of amides is 1. The van der Waals surface area contributed by atoms with Crippen molar-refractivity contribution in [2.24, 2.45) is 0 Å². The van der Waals surface area contributed by atoms with E-state index >= 15 is 0 Å². The summed E-state index contributed by atoms with van der Waals surface area (Å²) >= 11 is 0. The topological polar surface area (TPSA) is 41.1 Å². The third-order valence-electron chi connectivity index (χ3n) is 2.06. The Kier molecular flexibility index (Phi) is 7.69. The van der Waals surface area contributed by atoms with Crippen LogP contribution in [0.3, 0.4) is 0 Å².